The molecule has 3 aromatic heterocycles. The topological polar surface area (TPSA) is 171 Å². The number of aryl methyl sites for hydroxylation is 2. The molecule has 58 heavy (non-hydrogen) atoms. The summed E-state index contributed by atoms with van der Waals surface area (Å²) in [5.41, 5.74) is -1.43. The zero-order valence-corrected chi connectivity index (χ0v) is 30.5. The Hall–Kier alpha value is -6.24. The number of β-amino-alcohol motifs (C(OH)–C–C–N with tert-alkyl or cyclic N) is 1. The van der Waals surface area contributed by atoms with Crippen LogP contribution in [0.5, 0.6) is 0 Å². The normalized spacial score (nSPS) is 16.6. The Morgan fingerprint density at radius 3 is 2.36 bits per heavy atom. The van der Waals surface area contributed by atoms with E-state index in [1.165, 1.54) is 4.90 Å². The first kappa shape index (κ1) is 40.0. The third kappa shape index (κ3) is 8.83. The van der Waals surface area contributed by atoms with Gasteiger partial charge in [0.1, 0.15) is 18.7 Å². The number of unbranched alkanes of at least 4 members (excludes halogenated alkanes) is 1. The molecule has 1 saturated heterocycles. The van der Waals surface area contributed by atoms with E-state index in [1.54, 1.807) is 48.8 Å². The molecule has 0 saturated carbocycles. The maximum Gasteiger partial charge on any atom is 0.416 e. The van der Waals surface area contributed by atoms with Crippen molar-refractivity contribution >= 4 is 39.6 Å². The second-order valence-corrected chi connectivity index (χ2v) is 14.0. The Morgan fingerprint density at radius 2 is 1.66 bits per heavy atom. The standard InChI is InChI=1S/C39H36F6N8O5/c40-38(41,42)24-13-22(14-25(16-24)39(43,44)45)21-58-37(57)31(15-23-18-46-30-9-3-1-7-27(23)30)47-35(55)33-17-26(54)19-53(33)36(56)29-20-52(32-10-4-2-8-28(29)32)12-6-5-11-34-48-50-51-49-34/h1-4,7-10,13-14,16,18,20,26,31,33,46,54H,5-6,11-12,15,17,19,21H2,(H,47,55)(H,48,49,50,51)/t26-,31-,33+/m0/s1. The SMILES string of the molecule is O=C(OCc1cc(C(F)(F)F)cc(C(F)(F)F)c1)[C@H](Cc1c[nH]c2ccccc12)NC(=O)[C@H]1C[C@H](O)CN1C(=O)c1cn(CCCCc2nn[nH]n2)c2ccccc12. The molecule has 4 N–H and O–H groups in total. The molecule has 0 aliphatic carbocycles. The zero-order chi connectivity index (χ0) is 41.2. The highest BCUT2D eigenvalue weighted by Gasteiger charge is 2.42. The quantitative estimate of drug-likeness (QED) is 0.0650. The molecule has 1 aliphatic heterocycles. The number of rotatable bonds is 13. The van der Waals surface area contributed by atoms with Crippen molar-refractivity contribution in [2.45, 2.75) is 75.8 Å². The van der Waals surface area contributed by atoms with Gasteiger partial charge in [-0.25, -0.2) is 4.79 Å². The fourth-order valence-electron chi connectivity index (χ4n) is 7.24. The summed E-state index contributed by atoms with van der Waals surface area (Å²) < 4.78 is 88.4. The smallest absolute Gasteiger partial charge is 0.416 e. The molecule has 304 valence electrons. The zero-order valence-electron chi connectivity index (χ0n) is 30.5. The number of carbonyl (C=O) groups excluding carboxylic acids is 3. The molecule has 13 nitrogen and oxygen atoms in total. The number of likely N-dealkylation sites (tertiary alicyclic amines) is 1. The van der Waals surface area contributed by atoms with Crippen LogP contribution < -0.4 is 5.32 Å². The van der Waals surface area contributed by atoms with Crippen LogP contribution in [0.25, 0.3) is 21.8 Å². The molecule has 0 radical (unpaired) electrons. The van der Waals surface area contributed by atoms with E-state index in [4.69, 9.17) is 4.74 Å². The molecule has 0 bridgehead atoms. The van der Waals surface area contributed by atoms with E-state index in [2.05, 4.69) is 30.9 Å². The molecule has 2 amide bonds. The van der Waals surface area contributed by atoms with E-state index in [0.29, 0.717) is 52.8 Å². The average Bonchev–Trinajstić information content (AvgIpc) is 4.01. The Kier molecular flexibility index (Phi) is 11.2. The van der Waals surface area contributed by atoms with E-state index in [9.17, 15) is 45.8 Å². The van der Waals surface area contributed by atoms with Gasteiger partial charge in [0, 0.05) is 66.6 Å². The number of H-pyrrole nitrogens is 2. The molecule has 7 rings (SSSR count). The van der Waals surface area contributed by atoms with Gasteiger partial charge in [0.2, 0.25) is 5.91 Å². The van der Waals surface area contributed by atoms with Crippen LogP contribution in [0.4, 0.5) is 26.3 Å². The number of esters is 1. The number of amides is 2. The number of aliphatic hydroxyl groups is 1. The highest BCUT2D eigenvalue weighted by Crippen LogP contribution is 2.37. The number of nitrogens with zero attached hydrogens (tertiary/aromatic N) is 5. The summed E-state index contributed by atoms with van der Waals surface area (Å²) in [6.07, 6.45) is -6.36. The van der Waals surface area contributed by atoms with Crippen molar-refractivity contribution in [2.75, 3.05) is 6.54 Å². The van der Waals surface area contributed by atoms with E-state index in [0.717, 1.165) is 18.4 Å². The molecular weight excluding hydrogens is 774 g/mol. The van der Waals surface area contributed by atoms with Crippen LogP contribution in [0, 0.1) is 0 Å². The number of aromatic amines is 2. The predicted molar refractivity (Wildman–Crippen MR) is 195 cm³/mol. The monoisotopic (exact) mass is 810 g/mol. The highest BCUT2D eigenvalue weighted by atomic mass is 19.4. The number of aromatic nitrogens is 6. The first-order valence-electron chi connectivity index (χ1n) is 18.3. The van der Waals surface area contributed by atoms with Gasteiger partial charge < -0.3 is 29.6 Å². The first-order valence-corrected chi connectivity index (χ1v) is 18.3. The number of para-hydroxylation sites is 2. The number of ether oxygens (including phenoxy) is 1. The Bertz CT molecular complexity index is 2390. The molecule has 0 unspecified atom stereocenters. The summed E-state index contributed by atoms with van der Waals surface area (Å²) in [4.78, 5) is 46.3. The summed E-state index contributed by atoms with van der Waals surface area (Å²) in [7, 11) is 0. The number of hydrogen-bond acceptors (Lipinski definition) is 8. The van der Waals surface area contributed by atoms with Gasteiger partial charge in [-0.1, -0.05) is 41.6 Å². The van der Waals surface area contributed by atoms with Gasteiger partial charge in [-0.15, -0.1) is 10.2 Å². The first-order chi connectivity index (χ1) is 27.7. The maximum absolute atomic E-state index is 14.2. The minimum absolute atomic E-state index is 0.0353. The van der Waals surface area contributed by atoms with Gasteiger partial charge in [0.05, 0.1) is 22.8 Å². The lowest BCUT2D eigenvalue weighted by atomic mass is 10.0. The van der Waals surface area contributed by atoms with Crippen LogP contribution >= 0.6 is 0 Å². The number of carbonyl (C=O) groups is 3. The molecule has 0 spiro atoms. The van der Waals surface area contributed by atoms with Crippen LogP contribution in [0.2, 0.25) is 0 Å². The lowest BCUT2D eigenvalue weighted by molar-refractivity contribution is -0.149. The number of halogens is 6. The summed E-state index contributed by atoms with van der Waals surface area (Å²) in [5, 5.41) is 28.5. The minimum Gasteiger partial charge on any atom is -0.459 e. The van der Waals surface area contributed by atoms with Gasteiger partial charge in [-0.3, -0.25) is 9.59 Å². The van der Waals surface area contributed by atoms with Crippen molar-refractivity contribution in [2.24, 2.45) is 0 Å². The lowest BCUT2D eigenvalue weighted by Crippen LogP contribution is -2.51. The largest absolute Gasteiger partial charge is 0.459 e. The minimum atomic E-state index is -5.12. The van der Waals surface area contributed by atoms with E-state index >= 15 is 0 Å². The summed E-state index contributed by atoms with van der Waals surface area (Å²) in [5.74, 6) is -1.93. The summed E-state index contributed by atoms with van der Waals surface area (Å²) in [6, 6.07) is 12.4. The third-order valence-corrected chi connectivity index (χ3v) is 10.0. The number of nitrogens with one attached hydrogen (secondary N) is 3. The molecular formula is C39H36F6N8O5. The van der Waals surface area contributed by atoms with Gasteiger partial charge in [0.15, 0.2) is 5.82 Å². The molecule has 19 heteroatoms. The average molecular weight is 811 g/mol. The molecule has 1 fully saturated rings. The Labute approximate surface area is 325 Å². The second kappa shape index (κ2) is 16.3. The summed E-state index contributed by atoms with van der Waals surface area (Å²) in [6.45, 7) is -0.621. The van der Waals surface area contributed by atoms with Crippen molar-refractivity contribution in [3.8, 4) is 0 Å². The van der Waals surface area contributed by atoms with Crippen LogP contribution in [-0.2, 0) is 52.7 Å². The Morgan fingerprint density at radius 1 is 0.948 bits per heavy atom. The number of fused-ring (bicyclic) bond motifs is 2. The van der Waals surface area contributed by atoms with E-state index in [1.807, 2.05) is 16.7 Å². The van der Waals surface area contributed by atoms with Crippen LogP contribution in [0.1, 0.15) is 57.7 Å². The van der Waals surface area contributed by atoms with Crippen molar-refractivity contribution in [3.63, 3.8) is 0 Å². The molecule has 3 aromatic carbocycles. The van der Waals surface area contributed by atoms with Crippen LogP contribution in [0.3, 0.4) is 0 Å². The van der Waals surface area contributed by atoms with Gasteiger partial charge in [-0.05, 0) is 54.3 Å². The number of hydrogen-bond donors (Lipinski definition) is 4. The van der Waals surface area contributed by atoms with E-state index in [-0.39, 0.29) is 31.0 Å². The van der Waals surface area contributed by atoms with Crippen molar-refractivity contribution in [1.29, 1.82) is 0 Å². The number of benzene rings is 3. The highest BCUT2D eigenvalue weighted by molar-refractivity contribution is 6.08. The second-order valence-electron chi connectivity index (χ2n) is 14.0. The summed E-state index contributed by atoms with van der Waals surface area (Å²) >= 11 is 0. The number of aliphatic hydroxyl groups excluding tert-OH is 1. The fourth-order valence-corrected chi connectivity index (χ4v) is 7.24. The number of alkyl halides is 6. The third-order valence-electron chi connectivity index (χ3n) is 10.0. The van der Waals surface area contributed by atoms with Crippen molar-refractivity contribution in [3.05, 3.63) is 113 Å². The van der Waals surface area contributed by atoms with Gasteiger partial charge in [0.25, 0.3) is 5.91 Å². The fraction of sp³-hybridized carbons (Fsp3) is 0.333. The van der Waals surface area contributed by atoms with Crippen LogP contribution in [0.15, 0.2) is 79.1 Å². The van der Waals surface area contributed by atoms with Crippen LogP contribution in [-0.4, -0.2) is 82.7 Å². The molecule has 3 atom stereocenters. The predicted octanol–water partition coefficient (Wildman–Crippen LogP) is 5.74. The van der Waals surface area contributed by atoms with Gasteiger partial charge >= 0.3 is 18.3 Å². The Balaban J connectivity index is 1.11. The van der Waals surface area contributed by atoms with Crippen molar-refractivity contribution < 1.29 is 50.6 Å². The van der Waals surface area contributed by atoms with E-state index < -0.39 is 71.6 Å². The van der Waals surface area contributed by atoms with Crippen molar-refractivity contribution in [1.82, 2.24) is 40.4 Å². The number of tetrazole rings is 1. The molecule has 6 aromatic rings. The van der Waals surface area contributed by atoms with Gasteiger partial charge in [-0.2, -0.15) is 31.6 Å². The molecule has 4 heterocycles. The maximum atomic E-state index is 14.2. The molecule has 1 aliphatic rings. The lowest BCUT2D eigenvalue weighted by Gasteiger charge is -2.26.